The molecule has 1 heterocycles. The van der Waals surface area contributed by atoms with Crippen LogP contribution in [0.4, 0.5) is 0 Å². The Morgan fingerprint density at radius 1 is 1.00 bits per heavy atom. The number of nitrogens with zero attached hydrogens (tertiary/aromatic N) is 1. The molecule has 2 aromatic carbocycles. The molecule has 0 fully saturated rings. The first-order chi connectivity index (χ1) is 9.65. The molecule has 0 saturated carbocycles. The molecular formula is C18H18ClN. The first kappa shape index (κ1) is 13.3. The maximum absolute atomic E-state index is 6.17. The van der Waals surface area contributed by atoms with Crippen LogP contribution in [-0.4, -0.2) is 4.57 Å². The molecule has 0 atom stereocenters. The summed E-state index contributed by atoms with van der Waals surface area (Å²) < 4.78 is 2.38. The smallest absolute Gasteiger partial charge is 0.0500 e. The molecule has 0 radical (unpaired) electrons. The normalized spacial score (nSPS) is 11.4. The lowest BCUT2D eigenvalue weighted by Gasteiger charge is -2.13. The van der Waals surface area contributed by atoms with E-state index < -0.39 is 0 Å². The van der Waals surface area contributed by atoms with Crippen molar-refractivity contribution in [2.24, 2.45) is 0 Å². The van der Waals surface area contributed by atoms with Crippen LogP contribution >= 0.6 is 11.6 Å². The molecule has 20 heavy (non-hydrogen) atoms. The number of fused-ring (bicyclic) bond motifs is 1. The maximum Gasteiger partial charge on any atom is 0.0500 e. The van der Waals surface area contributed by atoms with Crippen LogP contribution in [0.3, 0.4) is 0 Å². The lowest BCUT2D eigenvalue weighted by atomic mass is 10.1. The number of aromatic nitrogens is 1. The molecule has 0 unspecified atom stereocenters. The zero-order valence-electron chi connectivity index (χ0n) is 11.8. The van der Waals surface area contributed by atoms with E-state index in [1.165, 1.54) is 22.2 Å². The van der Waals surface area contributed by atoms with Gasteiger partial charge in [-0.15, -0.1) is 0 Å². The van der Waals surface area contributed by atoms with Gasteiger partial charge in [0.25, 0.3) is 0 Å². The van der Waals surface area contributed by atoms with E-state index in [9.17, 15) is 0 Å². The van der Waals surface area contributed by atoms with E-state index in [1.54, 1.807) is 0 Å². The molecule has 102 valence electrons. The van der Waals surface area contributed by atoms with Crippen molar-refractivity contribution in [3.05, 3.63) is 70.9 Å². The Balaban J connectivity index is 2.15. The SMILES string of the molecule is CC(C)c1cc2ccc(Cl)cc2n1Cc1ccccc1. The van der Waals surface area contributed by atoms with E-state index in [0.29, 0.717) is 5.92 Å². The molecule has 0 aliphatic carbocycles. The zero-order chi connectivity index (χ0) is 14.1. The minimum atomic E-state index is 0.491. The van der Waals surface area contributed by atoms with Crippen LogP contribution in [0.5, 0.6) is 0 Å². The third kappa shape index (κ3) is 2.46. The van der Waals surface area contributed by atoms with E-state index in [4.69, 9.17) is 11.6 Å². The summed E-state index contributed by atoms with van der Waals surface area (Å²) >= 11 is 6.17. The highest BCUT2D eigenvalue weighted by Gasteiger charge is 2.12. The van der Waals surface area contributed by atoms with Crippen LogP contribution in [0, 0.1) is 0 Å². The molecule has 0 saturated heterocycles. The molecule has 0 aliphatic rings. The molecule has 1 nitrogen and oxygen atoms in total. The Morgan fingerprint density at radius 2 is 1.75 bits per heavy atom. The van der Waals surface area contributed by atoms with Gasteiger partial charge in [0.2, 0.25) is 0 Å². The van der Waals surface area contributed by atoms with Gasteiger partial charge in [0.05, 0.1) is 5.52 Å². The Labute approximate surface area is 124 Å². The van der Waals surface area contributed by atoms with Gasteiger partial charge in [-0.05, 0) is 35.1 Å². The van der Waals surface area contributed by atoms with Gasteiger partial charge in [0.15, 0.2) is 0 Å². The molecule has 0 N–H and O–H groups in total. The molecule has 0 amide bonds. The van der Waals surface area contributed by atoms with Crippen molar-refractivity contribution in [2.45, 2.75) is 26.3 Å². The Morgan fingerprint density at radius 3 is 2.45 bits per heavy atom. The summed E-state index contributed by atoms with van der Waals surface area (Å²) in [5.74, 6) is 0.491. The summed E-state index contributed by atoms with van der Waals surface area (Å²) in [6.45, 7) is 5.35. The predicted molar refractivity (Wildman–Crippen MR) is 86.6 cm³/mol. The summed E-state index contributed by atoms with van der Waals surface area (Å²) in [5.41, 5.74) is 3.88. The number of benzene rings is 2. The van der Waals surface area contributed by atoms with E-state index in [0.717, 1.165) is 11.6 Å². The fourth-order valence-corrected chi connectivity index (χ4v) is 2.84. The average Bonchev–Trinajstić information content (AvgIpc) is 2.78. The van der Waals surface area contributed by atoms with Crippen LogP contribution in [0.1, 0.15) is 31.0 Å². The number of hydrogen-bond donors (Lipinski definition) is 0. The largest absolute Gasteiger partial charge is 0.340 e. The van der Waals surface area contributed by atoms with Gasteiger partial charge in [-0.1, -0.05) is 61.8 Å². The van der Waals surface area contributed by atoms with Crippen molar-refractivity contribution in [1.29, 1.82) is 0 Å². The maximum atomic E-state index is 6.17. The van der Waals surface area contributed by atoms with Crippen molar-refractivity contribution in [2.75, 3.05) is 0 Å². The van der Waals surface area contributed by atoms with E-state index in [-0.39, 0.29) is 0 Å². The summed E-state index contributed by atoms with van der Waals surface area (Å²) in [4.78, 5) is 0. The fraction of sp³-hybridized carbons (Fsp3) is 0.222. The van der Waals surface area contributed by atoms with Crippen molar-refractivity contribution < 1.29 is 0 Å². The van der Waals surface area contributed by atoms with Gasteiger partial charge in [0, 0.05) is 17.3 Å². The number of halogens is 1. The van der Waals surface area contributed by atoms with Gasteiger partial charge in [-0.2, -0.15) is 0 Å². The Kier molecular flexibility index (Phi) is 3.54. The van der Waals surface area contributed by atoms with Crippen molar-refractivity contribution in [3.63, 3.8) is 0 Å². The lowest BCUT2D eigenvalue weighted by Crippen LogP contribution is -2.05. The monoisotopic (exact) mass is 283 g/mol. The molecule has 0 aliphatic heterocycles. The third-order valence-electron chi connectivity index (χ3n) is 3.67. The zero-order valence-corrected chi connectivity index (χ0v) is 12.6. The molecule has 1 aromatic heterocycles. The first-order valence-electron chi connectivity index (χ1n) is 6.98. The summed E-state index contributed by atoms with van der Waals surface area (Å²) in [7, 11) is 0. The highest BCUT2D eigenvalue weighted by atomic mass is 35.5. The van der Waals surface area contributed by atoms with Crippen molar-refractivity contribution in [3.8, 4) is 0 Å². The van der Waals surface area contributed by atoms with Crippen LogP contribution in [0.25, 0.3) is 10.9 Å². The van der Waals surface area contributed by atoms with Crippen molar-refractivity contribution in [1.82, 2.24) is 4.57 Å². The average molecular weight is 284 g/mol. The Bertz CT molecular complexity index is 726. The standard InChI is InChI=1S/C18H18ClN/c1-13(2)17-10-15-8-9-16(19)11-18(15)20(17)12-14-6-4-3-5-7-14/h3-11,13H,12H2,1-2H3. The summed E-state index contributed by atoms with van der Waals surface area (Å²) in [6.07, 6.45) is 0. The second-order valence-corrected chi connectivity index (χ2v) is 5.94. The Hall–Kier alpha value is -1.73. The first-order valence-corrected chi connectivity index (χ1v) is 7.35. The van der Waals surface area contributed by atoms with Gasteiger partial charge < -0.3 is 4.57 Å². The van der Waals surface area contributed by atoms with Crippen LogP contribution < -0.4 is 0 Å². The van der Waals surface area contributed by atoms with Gasteiger partial charge in [-0.3, -0.25) is 0 Å². The highest BCUT2D eigenvalue weighted by molar-refractivity contribution is 6.31. The number of rotatable bonds is 3. The number of hydrogen-bond acceptors (Lipinski definition) is 0. The molecule has 3 rings (SSSR count). The second kappa shape index (κ2) is 5.34. The minimum absolute atomic E-state index is 0.491. The van der Waals surface area contributed by atoms with Gasteiger partial charge in [-0.25, -0.2) is 0 Å². The highest BCUT2D eigenvalue weighted by Crippen LogP contribution is 2.28. The predicted octanol–water partition coefficient (Wildman–Crippen LogP) is 5.47. The third-order valence-corrected chi connectivity index (χ3v) is 3.91. The minimum Gasteiger partial charge on any atom is -0.340 e. The molecule has 2 heteroatoms. The summed E-state index contributed by atoms with van der Waals surface area (Å²) in [6, 6.07) is 19.0. The topological polar surface area (TPSA) is 4.93 Å². The van der Waals surface area contributed by atoms with E-state index in [2.05, 4.69) is 66.9 Å². The quantitative estimate of drug-likeness (QED) is 0.601. The van der Waals surface area contributed by atoms with Crippen LogP contribution in [0.15, 0.2) is 54.6 Å². The summed E-state index contributed by atoms with van der Waals surface area (Å²) in [5, 5.41) is 2.05. The molecular weight excluding hydrogens is 266 g/mol. The molecule has 3 aromatic rings. The van der Waals surface area contributed by atoms with E-state index in [1.807, 2.05) is 6.07 Å². The lowest BCUT2D eigenvalue weighted by molar-refractivity contribution is 0.710. The van der Waals surface area contributed by atoms with Crippen LogP contribution in [0.2, 0.25) is 5.02 Å². The fourth-order valence-electron chi connectivity index (χ4n) is 2.67. The van der Waals surface area contributed by atoms with Crippen molar-refractivity contribution >= 4 is 22.5 Å². The van der Waals surface area contributed by atoms with E-state index >= 15 is 0 Å². The molecule has 0 spiro atoms. The molecule has 0 bridgehead atoms. The van der Waals surface area contributed by atoms with Gasteiger partial charge in [0.1, 0.15) is 0 Å². The van der Waals surface area contributed by atoms with Crippen LogP contribution in [-0.2, 0) is 6.54 Å². The second-order valence-electron chi connectivity index (χ2n) is 5.50. The van der Waals surface area contributed by atoms with Gasteiger partial charge >= 0.3 is 0 Å².